The number of nitrogens with zero attached hydrogens (tertiary/aromatic N) is 2. The molecule has 9 heteroatoms. The fourth-order valence-corrected chi connectivity index (χ4v) is 3.65. The highest BCUT2D eigenvalue weighted by atomic mass is 32.1. The van der Waals surface area contributed by atoms with Crippen LogP contribution in [0.15, 0.2) is 40.8 Å². The SMILES string of the molecule is O=C1Cc2cnc(NC3C=CC(C(F)(F)F)=CC3)nc2-c2cscc2N1. The molecule has 2 aromatic heterocycles. The van der Waals surface area contributed by atoms with Crippen LogP contribution in [0.1, 0.15) is 12.0 Å². The highest BCUT2D eigenvalue weighted by Gasteiger charge is 2.33. The van der Waals surface area contributed by atoms with E-state index in [4.69, 9.17) is 0 Å². The van der Waals surface area contributed by atoms with E-state index in [1.807, 2.05) is 10.8 Å². The Bertz CT molecular complexity index is 932. The number of hydrogen-bond donors (Lipinski definition) is 2. The van der Waals surface area contributed by atoms with Crippen LogP contribution in [-0.2, 0) is 11.2 Å². The van der Waals surface area contributed by atoms with Crippen molar-refractivity contribution in [3.05, 3.63) is 46.3 Å². The van der Waals surface area contributed by atoms with Gasteiger partial charge in [-0.1, -0.05) is 18.2 Å². The summed E-state index contributed by atoms with van der Waals surface area (Å²) in [5.41, 5.74) is 2.25. The van der Waals surface area contributed by atoms with Gasteiger partial charge in [-0.2, -0.15) is 13.2 Å². The molecule has 0 saturated heterocycles. The minimum atomic E-state index is -4.34. The Morgan fingerprint density at radius 1 is 1.31 bits per heavy atom. The van der Waals surface area contributed by atoms with Gasteiger partial charge in [-0.3, -0.25) is 4.79 Å². The fourth-order valence-electron chi connectivity index (χ4n) is 2.89. The molecule has 134 valence electrons. The van der Waals surface area contributed by atoms with Gasteiger partial charge in [0, 0.05) is 28.1 Å². The van der Waals surface area contributed by atoms with Crippen molar-refractivity contribution in [2.75, 3.05) is 10.6 Å². The first-order valence-corrected chi connectivity index (χ1v) is 8.79. The predicted molar refractivity (Wildman–Crippen MR) is 93.0 cm³/mol. The number of halogens is 3. The first-order valence-electron chi connectivity index (χ1n) is 7.84. The molecule has 1 atom stereocenters. The average molecular weight is 378 g/mol. The van der Waals surface area contributed by atoms with Gasteiger partial charge in [0.25, 0.3) is 0 Å². The van der Waals surface area contributed by atoms with E-state index in [1.165, 1.54) is 17.4 Å². The number of rotatable bonds is 2. The van der Waals surface area contributed by atoms with Gasteiger partial charge in [0.05, 0.1) is 29.4 Å². The first-order chi connectivity index (χ1) is 12.4. The summed E-state index contributed by atoms with van der Waals surface area (Å²) in [7, 11) is 0. The van der Waals surface area contributed by atoms with Crippen LogP contribution in [-0.4, -0.2) is 28.1 Å². The van der Waals surface area contributed by atoms with Crippen molar-refractivity contribution in [3.63, 3.8) is 0 Å². The summed E-state index contributed by atoms with van der Waals surface area (Å²) in [6.07, 6.45) is 1.28. The van der Waals surface area contributed by atoms with Gasteiger partial charge < -0.3 is 10.6 Å². The molecule has 1 unspecified atom stereocenters. The van der Waals surface area contributed by atoms with Crippen LogP contribution in [0.2, 0.25) is 0 Å². The lowest BCUT2D eigenvalue weighted by molar-refractivity contribution is -0.115. The van der Waals surface area contributed by atoms with Gasteiger partial charge in [-0.05, 0) is 6.42 Å². The van der Waals surface area contributed by atoms with E-state index in [0.29, 0.717) is 22.9 Å². The molecule has 0 radical (unpaired) electrons. The second kappa shape index (κ2) is 6.24. The van der Waals surface area contributed by atoms with Crippen LogP contribution in [0.25, 0.3) is 11.3 Å². The summed E-state index contributed by atoms with van der Waals surface area (Å²) in [5, 5.41) is 9.60. The van der Waals surface area contributed by atoms with Gasteiger partial charge in [0.2, 0.25) is 11.9 Å². The second-order valence-electron chi connectivity index (χ2n) is 5.99. The molecular formula is C17H13F3N4OS. The molecular weight excluding hydrogens is 365 g/mol. The molecule has 0 aromatic carbocycles. The molecule has 5 nitrogen and oxygen atoms in total. The minimum absolute atomic E-state index is 0.132. The Hall–Kier alpha value is -2.68. The lowest BCUT2D eigenvalue weighted by Crippen LogP contribution is -2.22. The zero-order valence-electron chi connectivity index (χ0n) is 13.3. The lowest BCUT2D eigenvalue weighted by atomic mass is 10.0. The highest BCUT2D eigenvalue weighted by molar-refractivity contribution is 7.08. The molecule has 0 bridgehead atoms. The van der Waals surface area contributed by atoms with Crippen molar-refractivity contribution < 1.29 is 18.0 Å². The number of anilines is 2. The van der Waals surface area contributed by atoms with E-state index in [1.54, 1.807) is 6.20 Å². The fraction of sp³-hybridized carbons (Fsp3) is 0.235. The maximum atomic E-state index is 12.7. The number of alkyl halides is 3. The Labute approximate surface area is 150 Å². The first kappa shape index (κ1) is 16.8. The molecule has 1 aliphatic heterocycles. The topological polar surface area (TPSA) is 66.9 Å². The Morgan fingerprint density at radius 3 is 2.88 bits per heavy atom. The van der Waals surface area contributed by atoms with Gasteiger partial charge in [-0.15, -0.1) is 11.3 Å². The Kier molecular flexibility index (Phi) is 4.03. The summed E-state index contributed by atoms with van der Waals surface area (Å²) >= 11 is 1.45. The van der Waals surface area contributed by atoms with Crippen molar-refractivity contribution in [2.45, 2.75) is 25.1 Å². The number of carbonyl (C=O) groups is 1. The number of aromatic nitrogens is 2. The van der Waals surface area contributed by atoms with E-state index in [9.17, 15) is 18.0 Å². The zero-order chi connectivity index (χ0) is 18.3. The van der Waals surface area contributed by atoms with E-state index < -0.39 is 11.7 Å². The van der Waals surface area contributed by atoms with E-state index >= 15 is 0 Å². The molecule has 2 aromatic rings. The Balaban J connectivity index is 1.58. The molecule has 0 saturated carbocycles. The summed E-state index contributed by atoms with van der Waals surface area (Å²) in [4.78, 5) is 20.6. The monoisotopic (exact) mass is 378 g/mol. The number of thiophene rings is 1. The molecule has 2 aliphatic rings. The summed E-state index contributed by atoms with van der Waals surface area (Å²) in [6, 6.07) is -0.327. The van der Waals surface area contributed by atoms with Crippen molar-refractivity contribution in [3.8, 4) is 11.3 Å². The normalized spacial score (nSPS) is 19.1. The van der Waals surface area contributed by atoms with Gasteiger partial charge in [0.1, 0.15) is 0 Å². The van der Waals surface area contributed by atoms with Crippen molar-refractivity contribution in [2.24, 2.45) is 0 Å². The van der Waals surface area contributed by atoms with Crippen molar-refractivity contribution >= 4 is 28.9 Å². The van der Waals surface area contributed by atoms with Gasteiger partial charge >= 0.3 is 6.18 Å². The number of fused-ring (bicyclic) bond motifs is 3. The molecule has 0 spiro atoms. The Morgan fingerprint density at radius 2 is 2.15 bits per heavy atom. The summed E-state index contributed by atoms with van der Waals surface area (Å²) in [5.74, 6) is 0.182. The lowest BCUT2D eigenvalue weighted by Gasteiger charge is -2.19. The van der Waals surface area contributed by atoms with Gasteiger partial charge in [0.15, 0.2) is 0 Å². The van der Waals surface area contributed by atoms with Crippen LogP contribution in [0.4, 0.5) is 24.8 Å². The highest BCUT2D eigenvalue weighted by Crippen LogP contribution is 2.36. The van der Waals surface area contributed by atoms with Crippen LogP contribution in [0.5, 0.6) is 0 Å². The largest absolute Gasteiger partial charge is 0.416 e. The van der Waals surface area contributed by atoms with Crippen LogP contribution in [0.3, 0.4) is 0 Å². The third kappa shape index (κ3) is 3.22. The molecule has 4 rings (SSSR count). The number of amides is 1. The maximum Gasteiger partial charge on any atom is 0.416 e. The summed E-state index contributed by atoms with van der Waals surface area (Å²) in [6.45, 7) is 0. The molecule has 1 amide bonds. The third-order valence-corrected chi connectivity index (χ3v) is 4.89. The molecule has 2 N–H and O–H groups in total. The third-order valence-electron chi connectivity index (χ3n) is 4.15. The van der Waals surface area contributed by atoms with Crippen LogP contribution in [0, 0.1) is 0 Å². The average Bonchev–Trinajstić information content (AvgIpc) is 2.99. The number of nitrogens with one attached hydrogen (secondary N) is 2. The molecule has 26 heavy (non-hydrogen) atoms. The van der Waals surface area contributed by atoms with Gasteiger partial charge in [-0.25, -0.2) is 9.97 Å². The standard InChI is InChI=1S/C17H13F3N4OS/c18-17(19,20)10-1-3-11(4-2-10)22-16-21-6-9-5-14(25)23-13-8-26-7-12(13)15(9)24-16/h1-3,6-8,11H,4-5H2,(H,23,25)(H,21,22,24). The number of carbonyl (C=O) groups excluding carboxylic acids is 1. The number of hydrogen-bond acceptors (Lipinski definition) is 5. The smallest absolute Gasteiger partial charge is 0.348 e. The van der Waals surface area contributed by atoms with Crippen LogP contribution >= 0.6 is 11.3 Å². The van der Waals surface area contributed by atoms with E-state index in [2.05, 4.69) is 20.6 Å². The molecule has 1 aliphatic carbocycles. The zero-order valence-corrected chi connectivity index (χ0v) is 14.1. The van der Waals surface area contributed by atoms with E-state index in [0.717, 1.165) is 17.7 Å². The predicted octanol–water partition coefficient (Wildman–Crippen LogP) is 3.93. The molecule has 3 heterocycles. The maximum absolute atomic E-state index is 12.7. The summed E-state index contributed by atoms with van der Waals surface area (Å²) < 4.78 is 38.0. The molecule has 0 fully saturated rings. The second-order valence-corrected chi connectivity index (χ2v) is 6.74. The van der Waals surface area contributed by atoms with Crippen molar-refractivity contribution in [1.82, 2.24) is 9.97 Å². The van der Waals surface area contributed by atoms with Crippen LogP contribution < -0.4 is 10.6 Å². The van der Waals surface area contributed by atoms with Crippen molar-refractivity contribution in [1.29, 1.82) is 0 Å². The number of allylic oxidation sites excluding steroid dienone is 2. The van der Waals surface area contributed by atoms with E-state index in [-0.39, 0.29) is 24.8 Å². The minimum Gasteiger partial charge on any atom is -0.348 e. The quantitative estimate of drug-likeness (QED) is 0.831.